The lowest BCUT2D eigenvalue weighted by molar-refractivity contribution is -0.470. The number of rotatable bonds is 17. The molecule has 284 valence electrons. The number of ether oxygens (including phenoxy) is 5. The number of halogens is 6. The molecule has 0 amide bonds. The maximum absolute atomic E-state index is 13.9. The van der Waals surface area contributed by atoms with Crippen molar-refractivity contribution in [3.05, 3.63) is 74.3 Å². The predicted molar refractivity (Wildman–Crippen MR) is 182 cm³/mol. The quantitative estimate of drug-likeness (QED) is 0.101. The number of nitroso groups, excluding NO2 is 1. The molecular formula is C33H36Cl2F4N3O9S+. The summed E-state index contributed by atoms with van der Waals surface area (Å²) in [5, 5.41) is 0.0290. The normalized spacial score (nSPS) is 17.6. The molecule has 3 aliphatic rings. The van der Waals surface area contributed by atoms with Crippen molar-refractivity contribution >= 4 is 44.9 Å². The first-order chi connectivity index (χ1) is 24.7. The summed E-state index contributed by atoms with van der Waals surface area (Å²) < 4.78 is 107. The fourth-order valence-corrected chi connectivity index (χ4v) is 7.07. The molecule has 2 heterocycles. The van der Waals surface area contributed by atoms with Crippen LogP contribution in [0, 0.1) is 10.8 Å². The maximum atomic E-state index is 13.9. The van der Waals surface area contributed by atoms with Crippen molar-refractivity contribution < 1.29 is 59.2 Å². The highest BCUT2D eigenvalue weighted by atomic mass is 35.5. The lowest BCUT2D eigenvalue weighted by Crippen LogP contribution is -2.43. The number of benzene rings is 2. The van der Waals surface area contributed by atoms with Gasteiger partial charge < -0.3 is 23.7 Å². The standard InChI is InChI=1S/C33H36Cl2F4N3O9S/c1-52(45,46)42(9-8-40-10-12-47-13-11-40)26-14-22(5-6-27(26)50-32(36)37)31(43)49-29(16-23-24(34)17-41(44)18-25(23)35)21-4-7-28(51-33(38)39)30(15-21)48-19-20-2-3-20/h4-7,14-15,17,20,29,32-33H,2-3,8-13,16,18-19H2,1H3/q+1. The highest BCUT2D eigenvalue weighted by molar-refractivity contribution is 7.92. The number of morpholine rings is 1. The molecule has 5 rings (SSSR count). The summed E-state index contributed by atoms with van der Waals surface area (Å²) in [5.41, 5.74) is -0.0614. The maximum Gasteiger partial charge on any atom is 0.387 e. The molecule has 52 heavy (non-hydrogen) atoms. The number of hydrogen-bond acceptors (Lipinski definition) is 10. The number of nitrogens with zero attached hydrogens (tertiary/aromatic N) is 3. The van der Waals surface area contributed by atoms with Gasteiger partial charge in [0.1, 0.15) is 16.9 Å². The van der Waals surface area contributed by atoms with Crippen molar-refractivity contribution in [2.45, 2.75) is 38.6 Å². The molecule has 1 unspecified atom stereocenters. The van der Waals surface area contributed by atoms with Crippen molar-refractivity contribution in [2.24, 2.45) is 5.92 Å². The van der Waals surface area contributed by atoms with Gasteiger partial charge in [0.2, 0.25) is 22.8 Å². The highest BCUT2D eigenvalue weighted by Gasteiger charge is 2.31. The zero-order valence-corrected chi connectivity index (χ0v) is 30.1. The van der Waals surface area contributed by atoms with Gasteiger partial charge in [-0.25, -0.2) is 13.2 Å². The van der Waals surface area contributed by atoms with E-state index in [4.69, 9.17) is 37.4 Å². The minimum atomic E-state index is -4.10. The van der Waals surface area contributed by atoms with Gasteiger partial charge in [-0.3, -0.25) is 9.21 Å². The van der Waals surface area contributed by atoms with Gasteiger partial charge in [-0.15, -0.1) is 0 Å². The fourth-order valence-electron chi connectivity index (χ4n) is 5.51. The zero-order chi connectivity index (χ0) is 37.6. The van der Waals surface area contributed by atoms with Crippen LogP contribution >= 0.6 is 23.2 Å². The third kappa shape index (κ3) is 10.9. The van der Waals surface area contributed by atoms with Gasteiger partial charge in [-0.05, 0) is 54.7 Å². The van der Waals surface area contributed by atoms with Crippen molar-refractivity contribution in [1.29, 1.82) is 0 Å². The van der Waals surface area contributed by atoms with Gasteiger partial charge in [0.05, 0.1) is 42.4 Å². The third-order valence-corrected chi connectivity index (χ3v) is 10.2. The largest absolute Gasteiger partial charge is 0.489 e. The van der Waals surface area contributed by atoms with Crippen LogP contribution in [0.4, 0.5) is 23.2 Å². The van der Waals surface area contributed by atoms with E-state index in [0.717, 1.165) is 47.8 Å². The summed E-state index contributed by atoms with van der Waals surface area (Å²) in [5.74, 6) is -1.57. The van der Waals surface area contributed by atoms with Crippen LogP contribution in [0.25, 0.3) is 0 Å². The molecular weight excluding hydrogens is 761 g/mol. The Balaban J connectivity index is 1.50. The molecule has 0 bridgehead atoms. The fraction of sp³-hybridized carbons (Fsp3) is 0.485. The van der Waals surface area contributed by atoms with Gasteiger partial charge >= 0.3 is 19.2 Å². The van der Waals surface area contributed by atoms with Crippen LogP contribution < -0.4 is 18.5 Å². The van der Waals surface area contributed by atoms with E-state index >= 15 is 0 Å². The molecule has 19 heteroatoms. The molecule has 0 radical (unpaired) electrons. The van der Waals surface area contributed by atoms with Crippen molar-refractivity contribution in [3.8, 4) is 17.2 Å². The Hall–Kier alpha value is -3.64. The minimum Gasteiger partial charge on any atom is -0.489 e. The second-order valence-electron chi connectivity index (χ2n) is 12.2. The summed E-state index contributed by atoms with van der Waals surface area (Å²) in [6.45, 7) is -4.48. The molecule has 1 atom stereocenters. The number of allylic oxidation sites excluding steroid dienone is 1. The second-order valence-corrected chi connectivity index (χ2v) is 15.0. The average molecular weight is 798 g/mol. The first-order valence-electron chi connectivity index (χ1n) is 16.2. The molecule has 2 aromatic carbocycles. The summed E-state index contributed by atoms with van der Waals surface area (Å²) >= 11 is 12.8. The average Bonchev–Trinajstić information content (AvgIpc) is 3.90. The van der Waals surface area contributed by atoms with Gasteiger partial charge in [0.15, 0.2) is 11.5 Å². The van der Waals surface area contributed by atoms with Gasteiger partial charge in [0, 0.05) is 47.8 Å². The van der Waals surface area contributed by atoms with Crippen LogP contribution in [0.5, 0.6) is 17.2 Å². The lowest BCUT2D eigenvalue weighted by Gasteiger charge is -2.30. The third-order valence-electron chi connectivity index (χ3n) is 8.34. The number of esters is 1. The van der Waals surface area contributed by atoms with E-state index in [-0.39, 0.29) is 82.5 Å². The SMILES string of the molecule is CS(=O)(=O)N(CCN1CCOCC1)c1cc(C(=O)OC(CC2=C(Cl)C[N+](=O)C=C2Cl)c2ccc(OC(F)F)c(OCC3CC3)c2)ccc1OC(F)F. The number of alkyl halides is 4. The molecule has 0 aromatic heterocycles. The van der Waals surface area contributed by atoms with Crippen molar-refractivity contribution in [2.75, 3.05) is 63.1 Å². The molecule has 12 nitrogen and oxygen atoms in total. The molecule has 1 saturated heterocycles. The minimum absolute atomic E-state index is 0.0324. The van der Waals surface area contributed by atoms with Crippen LogP contribution in [0.1, 0.15) is 41.3 Å². The van der Waals surface area contributed by atoms with Gasteiger partial charge in [-0.2, -0.15) is 17.6 Å². The van der Waals surface area contributed by atoms with Crippen LogP contribution in [0.15, 0.2) is 58.2 Å². The Bertz CT molecular complexity index is 1810. The van der Waals surface area contributed by atoms with E-state index < -0.39 is 41.1 Å². The van der Waals surface area contributed by atoms with E-state index in [1.807, 2.05) is 4.90 Å². The summed E-state index contributed by atoms with van der Waals surface area (Å²) in [6.07, 6.45) is 2.37. The molecule has 1 saturated carbocycles. The Morgan fingerprint density at radius 3 is 2.33 bits per heavy atom. The molecule has 1 aliphatic carbocycles. The Morgan fingerprint density at radius 2 is 1.69 bits per heavy atom. The number of carbonyl (C=O) groups is 1. The van der Waals surface area contributed by atoms with E-state index in [1.54, 1.807) is 0 Å². The van der Waals surface area contributed by atoms with E-state index in [9.17, 15) is 35.7 Å². The summed E-state index contributed by atoms with van der Waals surface area (Å²) in [6, 6.07) is 7.19. The summed E-state index contributed by atoms with van der Waals surface area (Å²) in [4.78, 5) is 27.8. The van der Waals surface area contributed by atoms with Crippen LogP contribution in [0.3, 0.4) is 0 Å². The van der Waals surface area contributed by atoms with Gasteiger partial charge in [0.25, 0.3) is 0 Å². The molecule has 2 aliphatic heterocycles. The first-order valence-corrected chi connectivity index (χ1v) is 18.8. The topological polar surface area (TPSA) is 124 Å². The number of hydrogen-bond donors (Lipinski definition) is 0. The number of carbonyl (C=O) groups excluding carboxylic acids is 1. The van der Waals surface area contributed by atoms with Crippen LogP contribution in [-0.4, -0.2) is 96.1 Å². The molecule has 0 N–H and O–H groups in total. The van der Waals surface area contributed by atoms with Crippen molar-refractivity contribution in [3.63, 3.8) is 0 Å². The Morgan fingerprint density at radius 1 is 1.02 bits per heavy atom. The van der Waals surface area contributed by atoms with Gasteiger partial charge in [-0.1, -0.05) is 29.3 Å². The molecule has 2 aromatic rings. The van der Waals surface area contributed by atoms with E-state index in [0.29, 0.717) is 31.1 Å². The smallest absolute Gasteiger partial charge is 0.387 e. The molecule has 2 fully saturated rings. The van der Waals surface area contributed by atoms with Crippen molar-refractivity contribution in [1.82, 2.24) is 4.90 Å². The zero-order valence-electron chi connectivity index (χ0n) is 27.8. The lowest BCUT2D eigenvalue weighted by atomic mass is 9.99. The molecule has 0 spiro atoms. The second kappa shape index (κ2) is 17.5. The monoisotopic (exact) mass is 796 g/mol. The Kier molecular flexibility index (Phi) is 13.3. The number of sulfonamides is 1. The van der Waals surface area contributed by atoms with E-state index in [1.165, 1.54) is 18.2 Å². The van der Waals surface area contributed by atoms with Crippen LogP contribution in [0.2, 0.25) is 0 Å². The summed E-state index contributed by atoms with van der Waals surface area (Å²) in [7, 11) is -4.10. The first kappa shape index (κ1) is 39.6. The predicted octanol–water partition coefficient (Wildman–Crippen LogP) is 6.43. The Labute approximate surface area is 307 Å². The van der Waals surface area contributed by atoms with E-state index in [2.05, 4.69) is 9.47 Å². The van der Waals surface area contributed by atoms with Crippen LogP contribution in [-0.2, 0) is 19.5 Å². The number of anilines is 1. The highest BCUT2D eigenvalue weighted by Crippen LogP contribution is 2.41.